The van der Waals surface area contributed by atoms with Gasteiger partial charge < -0.3 is 9.84 Å². The molecule has 0 radical (unpaired) electrons. The summed E-state index contributed by atoms with van der Waals surface area (Å²) in [5.74, 6) is 0.832. The molecular weight excluding hydrogens is 190 g/mol. The van der Waals surface area contributed by atoms with E-state index in [1.54, 1.807) is 0 Å². The molecule has 3 heteroatoms. The van der Waals surface area contributed by atoms with Crippen molar-refractivity contribution in [2.24, 2.45) is 4.99 Å². The second kappa shape index (κ2) is 4.45. The zero-order chi connectivity index (χ0) is 10.7. The number of nitrogens with zero attached hydrogens (tertiary/aromatic N) is 1. The molecular formula is C12H15NO2. The number of benzene rings is 1. The Morgan fingerprint density at radius 1 is 1.47 bits per heavy atom. The highest BCUT2D eigenvalue weighted by molar-refractivity contribution is 5.96. The fourth-order valence-corrected chi connectivity index (χ4v) is 1.72. The molecule has 15 heavy (non-hydrogen) atoms. The Morgan fingerprint density at radius 3 is 2.93 bits per heavy atom. The van der Waals surface area contributed by atoms with Crippen molar-refractivity contribution in [3.05, 3.63) is 35.4 Å². The van der Waals surface area contributed by atoms with Crippen molar-refractivity contribution in [1.82, 2.24) is 0 Å². The molecule has 1 aromatic carbocycles. The fourth-order valence-electron chi connectivity index (χ4n) is 1.72. The predicted molar refractivity (Wildman–Crippen MR) is 59.3 cm³/mol. The molecule has 0 amide bonds. The smallest absolute Gasteiger partial charge is 0.216 e. The first-order valence-corrected chi connectivity index (χ1v) is 5.20. The number of aliphatic hydroxyl groups is 1. The Hall–Kier alpha value is -1.35. The molecule has 0 saturated heterocycles. The van der Waals surface area contributed by atoms with Crippen LogP contribution in [0.5, 0.6) is 0 Å². The summed E-state index contributed by atoms with van der Waals surface area (Å²) >= 11 is 0. The van der Waals surface area contributed by atoms with Crippen molar-refractivity contribution in [3.63, 3.8) is 0 Å². The first kappa shape index (κ1) is 10.2. The third kappa shape index (κ3) is 2.02. The second-order valence-corrected chi connectivity index (χ2v) is 3.71. The molecule has 1 heterocycles. The van der Waals surface area contributed by atoms with Crippen LogP contribution in [0.2, 0.25) is 0 Å². The predicted octanol–water partition coefficient (Wildman–Crippen LogP) is 1.56. The molecule has 0 saturated carbocycles. The van der Waals surface area contributed by atoms with Crippen molar-refractivity contribution in [3.8, 4) is 0 Å². The van der Waals surface area contributed by atoms with Crippen LogP contribution in [0.4, 0.5) is 0 Å². The molecule has 1 unspecified atom stereocenters. The minimum absolute atomic E-state index is 0.119. The van der Waals surface area contributed by atoms with Gasteiger partial charge in [-0.1, -0.05) is 25.1 Å². The van der Waals surface area contributed by atoms with E-state index in [1.165, 1.54) is 0 Å². The molecule has 1 aliphatic heterocycles. The lowest BCUT2D eigenvalue weighted by atomic mass is 9.96. The topological polar surface area (TPSA) is 41.8 Å². The highest BCUT2D eigenvalue weighted by Crippen LogP contribution is 2.21. The lowest BCUT2D eigenvalue weighted by Crippen LogP contribution is -2.09. The largest absolute Gasteiger partial charge is 0.476 e. The molecule has 3 nitrogen and oxygen atoms in total. The van der Waals surface area contributed by atoms with Gasteiger partial charge in [-0.25, -0.2) is 4.99 Å². The van der Waals surface area contributed by atoms with E-state index in [1.807, 2.05) is 31.2 Å². The maximum absolute atomic E-state index is 9.17. The average Bonchev–Trinajstić information content (AvgIpc) is 2.81. The summed E-state index contributed by atoms with van der Waals surface area (Å²) in [6, 6.07) is 7.94. The minimum Gasteiger partial charge on any atom is -0.476 e. The van der Waals surface area contributed by atoms with Gasteiger partial charge in [0.05, 0.1) is 6.54 Å². The summed E-state index contributed by atoms with van der Waals surface area (Å²) in [5, 5.41) is 9.17. The third-order valence-corrected chi connectivity index (χ3v) is 2.58. The molecule has 1 aliphatic rings. The number of aliphatic imine (C=N–C) groups is 1. The van der Waals surface area contributed by atoms with Gasteiger partial charge in [0, 0.05) is 18.1 Å². The quantitative estimate of drug-likeness (QED) is 0.813. The summed E-state index contributed by atoms with van der Waals surface area (Å²) in [6.07, 6.45) is 0. The number of hydrogen-bond acceptors (Lipinski definition) is 3. The van der Waals surface area contributed by atoms with Gasteiger partial charge in [-0.2, -0.15) is 0 Å². The monoisotopic (exact) mass is 205 g/mol. The van der Waals surface area contributed by atoms with Crippen LogP contribution in [-0.4, -0.2) is 30.8 Å². The summed E-state index contributed by atoms with van der Waals surface area (Å²) in [7, 11) is 0. The molecule has 1 atom stereocenters. The van der Waals surface area contributed by atoms with Crippen molar-refractivity contribution >= 4 is 5.90 Å². The van der Waals surface area contributed by atoms with E-state index in [4.69, 9.17) is 4.74 Å². The van der Waals surface area contributed by atoms with Crippen molar-refractivity contribution < 1.29 is 9.84 Å². The number of rotatable bonds is 3. The van der Waals surface area contributed by atoms with Crippen LogP contribution in [0.25, 0.3) is 0 Å². The van der Waals surface area contributed by atoms with Gasteiger partial charge in [0.1, 0.15) is 6.61 Å². The standard InChI is InChI=1S/C12H15NO2/c1-9(8-14)10-4-2-3-5-11(10)12-13-6-7-15-12/h2-5,9,14H,6-8H2,1H3. The zero-order valence-electron chi connectivity index (χ0n) is 8.81. The first-order valence-electron chi connectivity index (χ1n) is 5.20. The molecule has 1 aromatic rings. The van der Waals surface area contributed by atoms with Crippen LogP contribution in [0.1, 0.15) is 24.0 Å². The molecule has 0 aliphatic carbocycles. The van der Waals surface area contributed by atoms with Gasteiger partial charge in [-0.15, -0.1) is 0 Å². The highest BCUT2D eigenvalue weighted by atomic mass is 16.5. The Balaban J connectivity index is 2.37. The van der Waals surface area contributed by atoms with Crippen LogP contribution in [-0.2, 0) is 4.74 Å². The van der Waals surface area contributed by atoms with Gasteiger partial charge in [-0.3, -0.25) is 0 Å². The van der Waals surface area contributed by atoms with E-state index in [2.05, 4.69) is 4.99 Å². The average molecular weight is 205 g/mol. The van der Waals surface area contributed by atoms with E-state index in [9.17, 15) is 5.11 Å². The van der Waals surface area contributed by atoms with Crippen LogP contribution < -0.4 is 0 Å². The Bertz CT molecular complexity index is 374. The molecule has 0 fully saturated rings. The summed E-state index contributed by atoms with van der Waals surface area (Å²) in [6.45, 7) is 3.53. The van der Waals surface area contributed by atoms with Gasteiger partial charge in [0.2, 0.25) is 5.90 Å². The normalized spacial score (nSPS) is 17.1. The SMILES string of the molecule is CC(CO)c1ccccc1C1=NCCO1. The molecule has 0 bridgehead atoms. The lowest BCUT2D eigenvalue weighted by molar-refractivity contribution is 0.272. The van der Waals surface area contributed by atoms with Gasteiger partial charge in [0.25, 0.3) is 0 Å². The van der Waals surface area contributed by atoms with E-state index in [-0.39, 0.29) is 12.5 Å². The maximum Gasteiger partial charge on any atom is 0.216 e. The lowest BCUT2D eigenvalue weighted by Gasteiger charge is -2.13. The van der Waals surface area contributed by atoms with Crippen molar-refractivity contribution in [1.29, 1.82) is 0 Å². The number of aliphatic hydroxyl groups excluding tert-OH is 1. The number of hydrogen-bond donors (Lipinski definition) is 1. The van der Waals surface area contributed by atoms with Crippen molar-refractivity contribution in [2.45, 2.75) is 12.8 Å². The third-order valence-electron chi connectivity index (χ3n) is 2.58. The van der Waals surface area contributed by atoms with Crippen molar-refractivity contribution in [2.75, 3.05) is 19.8 Å². The molecule has 80 valence electrons. The fraction of sp³-hybridized carbons (Fsp3) is 0.417. The maximum atomic E-state index is 9.17. The first-order chi connectivity index (χ1) is 7.33. The summed E-state index contributed by atoms with van der Waals surface area (Å²) in [4.78, 5) is 4.30. The summed E-state index contributed by atoms with van der Waals surface area (Å²) < 4.78 is 5.44. The minimum atomic E-state index is 0.119. The second-order valence-electron chi connectivity index (χ2n) is 3.71. The van der Waals surface area contributed by atoms with Gasteiger partial charge in [0.15, 0.2) is 0 Å². The van der Waals surface area contributed by atoms with Gasteiger partial charge in [-0.05, 0) is 11.6 Å². The van der Waals surface area contributed by atoms with Crippen LogP contribution in [0.3, 0.4) is 0 Å². The van der Waals surface area contributed by atoms with Crippen LogP contribution in [0.15, 0.2) is 29.3 Å². The van der Waals surface area contributed by atoms with E-state index >= 15 is 0 Å². The van der Waals surface area contributed by atoms with E-state index in [0.717, 1.165) is 17.7 Å². The van der Waals surface area contributed by atoms with Crippen LogP contribution in [0, 0.1) is 0 Å². The van der Waals surface area contributed by atoms with E-state index in [0.29, 0.717) is 12.5 Å². The van der Waals surface area contributed by atoms with E-state index < -0.39 is 0 Å². The molecule has 0 spiro atoms. The Kier molecular flexibility index (Phi) is 3.02. The highest BCUT2D eigenvalue weighted by Gasteiger charge is 2.16. The molecule has 2 rings (SSSR count). The molecule has 0 aromatic heterocycles. The van der Waals surface area contributed by atoms with Crippen LogP contribution >= 0.6 is 0 Å². The van der Waals surface area contributed by atoms with Gasteiger partial charge >= 0.3 is 0 Å². The number of ether oxygens (including phenoxy) is 1. The zero-order valence-corrected chi connectivity index (χ0v) is 8.81. The Morgan fingerprint density at radius 2 is 2.27 bits per heavy atom. The summed E-state index contributed by atoms with van der Waals surface area (Å²) in [5.41, 5.74) is 2.11. The molecule has 1 N–H and O–H groups in total. The Labute approximate surface area is 89.4 Å².